The molecule has 0 bridgehead atoms. The van der Waals surface area contributed by atoms with E-state index in [1.165, 1.54) is 0 Å². The lowest BCUT2D eigenvalue weighted by molar-refractivity contribution is -0.176. The van der Waals surface area contributed by atoms with Gasteiger partial charge in [0.2, 0.25) is 5.95 Å². The Labute approximate surface area is 118 Å². The number of hydrogen-bond donors (Lipinski definition) is 2. The first kappa shape index (κ1) is 13.9. The van der Waals surface area contributed by atoms with Crippen LogP contribution in [0.15, 0.2) is 6.20 Å². The summed E-state index contributed by atoms with van der Waals surface area (Å²) in [5.74, 6) is -0.468. The van der Waals surface area contributed by atoms with Crippen molar-refractivity contribution >= 4 is 22.8 Å². The molecular formula is C12H15F3N6. The van der Waals surface area contributed by atoms with Crippen LogP contribution < -0.4 is 10.2 Å². The third-order valence-corrected chi connectivity index (χ3v) is 3.70. The van der Waals surface area contributed by atoms with Gasteiger partial charge in [0.15, 0.2) is 5.65 Å². The molecule has 0 amide bonds. The molecule has 3 heterocycles. The zero-order valence-corrected chi connectivity index (χ0v) is 11.4. The molecule has 0 radical (unpaired) electrons. The van der Waals surface area contributed by atoms with Crippen LogP contribution in [0, 0.1) is 5.92 Å². The predicted molar refractivity (Wildman–Crippen MR) is 72.2 cm³/mol. The normalized spacial score (nSPS) is 20.0. The minimum absolute atomic E-state index is 0.0794. The Kier molecular flexibility index (Phi) is 3.34. The van der Waals surface area contributed by atoms with E-state index in [1.807, 2.05) is 0 Å². The van der Waals surface area contributed by atoms with Crippen molar-refractivity contribution in [2.45, 2.75) is 19.0 Å². The minimum atomic E-state index is -4.17. The Morgan fingerprint density at radius 3 is 2.90 bits per heavy atom. The first-order valence-electron chi connectivity index (χ1n) is 6.69. The van der Waals surface area contributed by atoms with Crippen molar-refractivity contribution in [1.82, 2.24) is 20.2 Å². The van der Waals surface area contributed by atoms with Gasteiger partial charge in [0.25, 0.3) is 0 Å². The largest absolute Gasteiger partial charge is 0.393 e. The summed E-state index contributed by atoms with van der Waals surface area (Å²) in [6, 6.07) is 0. The lowest BCUT2D eigenvalue weighted by atomic mass is 9.97. The topological polar surface area (TPSA) is 69.7 Å². The lowest BCUT2D eigenvalue weighted by Crippen LogP contribution is -2.42. The molecule has 6 nitrogen and oxygen atoms in total. The average Bonchev–Trinajstić information content (AvgIpc) is 2.93. The van der Waals surface area contributed by atoms with Crippen LogP contribution in [0.5, 0.6) is 0 Å². The molecule has 2 N–H and O–H groups in total. The van der Waals surface area contributed by atoms with Crippen molar-refractivity contribution in [3.63, 3.8) is 0 Å². The van der Waals surface area contributed by atoms with Gasteiger partial charge < -0.3 is 10.2 Å². The average molecular weight is 300 g/mol. The van der Waals surface area contributed by atoms with E-state index in [-0.39, 0.29) is 13.0 Å². The van der Waals surface area contributed by atoms with Crippen LogP contribution in [-0.4, -0.2) is 46.5 Å². The molecule has 1 aliphatic heterocycles. The van der Waals surface area contributed by atoms with Crippen molar-refractivity contribution < 1.29 is 13.2 Å². The van der Waals surface area contributed by atoms with Gasteiger partial charge in [0.05, 0.1) is 17.5 Å². The predicted octanol–water partition coefficient (Wildman–Crippen LogP) is 2.17. The Hall–Kier alpha value is -2.06. The van der Waals surface area contributed by atoms with E-state index in [4.69, 9.17) is 0 Å². The summed E-state index contributed by atoms with van der Waals surface area (Å²) < 4.78 is 38.8. The van der Waals surface area contributed by atoms with Gasteiger partial charge in [0, 0.05) is 20.1 Å². The molecule has 1 fully saturated rings. The summed E-state index contributed by atoms with van der Waals surface area (Å²) in [4.78, 5) is 10.2. The summed E-state index contributed by atoms with van der Waals surface area (Å²) >= 11 is 0. The summed E-state index contributed by atoms with van der Waals surface area (Å²) in [6.45, 7) is 0.469. The lowest BCUT2D eigenvalue weighted by Gasteiger charge is -2.34. The first-order chi connectivity index (χ1) is 9.99. The number of aromatic nitrogens is 4. The molecule has 2 aromatic heterocycles. The number of H-pyrrole nitrogens is 1. The molecule has 1 atom stereocenters. The maximum atomic E-state index is 12.9. The second-order valence-electron chi connectivity index (χ2n) is 5.08. The van der Waals surface area contributed by atoms with Crippen LogP contribution in [0.2, 0.25) is 0 Å². The van der Waals surface area contributed by atoms with Crippen molar-refractivity contribution in [3.05, 3.63) is 6.20 Å². The van der Waals surface area contributed by atoms with E-state index in [2.05, 4.69) is 25.5 Å². The smallest absolute Gasteiger partial charge is 0.357 e. The molecule has 2 aromatic rings. The Bertz CT molecular complexity index is 637. The molecule has 0 saturated carbocycles. The Morgan fingerprint density at radius 2 is 2.19 bits per heavy atom. The van der Waals surface area contributed by atoms with Crippen LogP contribution in [0.25, 0.3) is 11.0 Å². The molecule has 21 heavy (non-hydrogen) atoms. The first-order valence-corrected chi connectivity index (χ1v) is 6.69. The molecule has 1 aliphatic rings. The maximum absolute atomic E-state index is 12.9. The number of piperidine rings is 1. The third-order valence-electron chi connectivity index (χ3n) is 3.70. The van der Waals surface area contributed by atoms with Crippen molar-refractivity contribution in [2.24, 2.45) is 5.92 Å². The van der Waals surface area contributed by atoms with Gasteiger partial charge >= 0.3 is 6.18 Å². The second kappa shape index (κ2) is 5.05. The molecule has 0 aromatic carbocycles. The second-order valence-corrected chi connectivity index (χ2v) is 5.08. The zero-order valence-electron chi connectivity index (χ0n) is 11.4. The number of hydrogen-bond acceptors (Lipinski definition) is 5. The SMILES string of the molecule is CNc1nc(N2CCCC(C(F)(F)F)C2)c2cn[nH]c2n1. The molecule has 1 unspecified atom stereocenters. The van der Waals surface area contributed by atoms with E-state index in [0.29, 0.717) is 35.8 Å². The van der Waals surface area contributed by atoms with Crippen LogP contribution in [0.4, 0.5) is 24.9 Å². The van der Waals surface area contributed by atoms with E-state index >= 15 is 0 Å². The molecule has 0 spiro atoms. The number of anilines is 2. The third kappa shape index (κ3) is 2.59. The summed E-state index contributed by atoms with van der Waals surface area (Å²) in [7, 11) is 1.66. The highest BCUT2D eigenvalue weighted by molar-refractivity contribution is 5.87. The highest BCUT2D eigenvalue weighted by Gasteiger charge is 2.42. The van der Waals surface area contributed by atoms with E-state index < -0.39 is 12.1 Å². The summed E-state index contributed by atoms with van der Waals surface area (Å²) in [6.07, 6.45) is -1.98. The van der Waals surface area contributed by atoms with Crippen LogP contribution >= 0.6 is 0 Å². The fourth-order valence-electron chi connectivity index (χ4n) is 2.61. The number of rotatable bonds is 2. The maximum Gasteiger partial charge on any atom is 0.393 e. The number of nitrogens with one attached hydrogen (secondary N) is 2. The quantitative estimate of drug-likeness (QED) is 0.889. The molecule has 9 heteroatoms. The van der Waals surface area contributed by atoms with Gasteiger partial charge in [-0.15, -0.1) is 0 Å². The summed E-state index contributed by atoms with van der Waals surface area (Å²) in [5.41, 5.74) is 0.512. The van der Waals surface area contributed by atoms with E-state index in [0.717, 1.165) is 0 Å². The highest BCUT2D eigenvalue weighted by Crippen LogP contribution is 2.35. The molecule has 3 rings (SSSR count). The number of fused-ring (bicyclic) bond motifs is 1. The Morgan fingerprint density at radius 1 is 1.38 bits per heavy atom. The fraction of sp³-hybridized carbons (Fsp3) is 0.583. The van der Waals surface area contributed by atoms with E-state index in [1.54, 1.807) is 18.1 Å². The number of nitrogens with zero attached hydrogens (tertiary/aromatic N) is 4. The van der Waals surface area contributed by atoms with Gasteiger partial charge in [-0.1, -0.05) is 0 Å². The zero-order chi connectivity index (χ0) is 15.0. The van der Waals surface area contributed by atoms with E-state index in [9.17, 15) is 13.2 Å². The molecule has 1 saturated heterocycles. The van der Waals surface area contributed by atoms with Gasteiger partial charge in [-0.3, -0.25) is 5.10 Å². The van der Waals surface area contributed by atoms with Crippen molar-refractivity contribution in [2.75, 3.05) is 30.4 Å². The standard InChI is InChI=1S/C12H15F3N6/c1-16-11-18-9-8(5-17-20-9)10(19-11)21-4-2-3-7(6-21)12(13,14)15/h5,7H,2-4,6H2,1H3,(H2,16,17,18,19,20). The Balaban J connectivity index is 1.97. The van der Waals surface area contributed by atoms with Crippen LogP contribution in [-0.2, 0) is 0 Å². The van der Waals surface area contributed by atoms with Crippen molar-refractivity contribution in [3.8, 4) is 0 Å². The molecule has 114 valence electrons. The highest BCUT2D eigenvalue weighted by atomic mass is 19.4. The summed E-state index contributed by atoms with van der Waals surface area (Å²) in [5, 5.41) is 10.1. The van der Waals surface area contributed by atoms with Gasteiger partial charge in [-0.05, 0) is 12.8 Å². The molecule has 0 aliphatic carbocycles. The molecular weight excluding hydrogens is 285 g/mol. The monoisotopic (exact) mass is 300 g/mol. The fourth-order valence-corrected chi connectivity index (χ4v) is 2.61. The number of alkyl halides is 3. The van der Waals surface area contributed by atoms with Gasteiger partial charge in [0.1, 0.15) is 5.82 Å². The van der Waals surface area contributed by atoms with Crippen LogP contribution in [0.1, 0.15) is 12.8 Å². The minimum Gasteiger partial charge on any atom is -0.357 e. The van der Waals surface area contributed by atoms with Gasteiger partial charge in [-0.25, -0.2) is 0 Å². The van der Waals surface area contributed by atoms with Crippen LogP contribution in [0.3, 0.4) is 0 Å². The number of aromatic amines is 1. The van der Waals surface area contributed by atoms with Gasteiger partial charge in [-0.2, -0.15) is 28.2 Å². The van der Waals surface area contributed by atoms with Crippen molar-refractivity contribution in [1.29, 1.82) is 0 Å². The number of halogens is 3.